The molecule has 0 unspecified atom stereocenters. The van der Waals surface area contributed by atoms with Crippen LogP contribution in [0.5, 0.6) is 0 Å². The van der Waals surface area contributed by atoms with E-state index in [9.17, 15) is 22.8 Å². The summed E-state index contributed by atoms with van der Waals surface area (Å²) in [5, 5.41) is 1.87. The molecule has 0 aliphatic heterocycles. The number of carbonyl (C=O) groups excluding carboxylic acids is 3. The summed E-state index contributed by atoms with van der Waals surface area (Å²) in [4.78, 5) is 35.3. The number of imide groups is 1. The van der Waals surface area contributed by atoms with Crippen LogP contribution in [0, 0.1) is 19.8 Å². The van der Waals surface area contributed by atoms with Crippen molar-refractivity contribution in [3.8, 4) is 0 Å². The van der Waals surface area contributed by atoms with Gasteiger partial charge in [-0.25, -0.2) is 13.2 Å². The largest absolute Gasteiger partial charge is 0.453 e. The average Bonchev–Trinajstić information content (AvgIpc) is 2.61. The van der Waals surface area contributed by atoms with Gasteiger partial charge in [0.1, 0.15) is 6.04 Å². The second-order valence-electron chi connectivity index (χ2n) is 6.65. The Labute approximate surface area is 164 Å². The minimum Gasteiger partial charge on any atom is -0.453 e. The van der Waals surface area contributed by atoms with E-state index in [4.69, 9.17) is 4.74 Å². The maximum Gasteiger partial charge on any atom is 0.413 e. The summed E-state index contributed by atoms with van der Waals surface area (Å²) in [6.07, 6.45) is -2.32. The lowest BCUT2D eigenvalue weighted by Gasteiger charge is -2.22. The van der Waals surface area contributed by atoms with Gasteiger partial charge < -0.3 is 9.47 Å². The number of sulfonamides is 1. The molecule has 28 heavy (non-hydrogen) atoms. The fraction of sp³-hybridized carbons (Fsp3) is 0.500. The van der Waals surface area contributed by atoms with Gasteiger partial charge in [-0.05, 0) is 49.9 Å². The Hall–Kier alpha value is -2.46. The summed E-state index contributed by atoms with van der Waals surface area (Å²) in [5.41, 5.74) is 1.73. The number of alkyl carbamates (subject to hydrolysis) is 1. The van der Waals surface area contributed by atoms with Gasteiger partial charge in [0.25, 0.3) is 5.91 Å². The van der Waals surface area contributed by atoms with Gasteiger partial charge in [0.05, 0.1) is 12.0 Å². The number of esters is 1. The number of benzene rings is 1. The third-order valence-electron chi connectivity index (χ3n) is 4.06. The summed E-state index contributed by atoms with van der Waals surface area (Å²) in [5.74, 6) is -2.28. The molecule has 1 aromatic rings. The van der Waals surface area contributed by atoms with Crippen LogP contribution in [-0.4, -0.2) is 45.6 Å². The van der Waals surface area contributed by atoms with Crippen LogP contribution >= 0.6 is 0 Å². The van der Waals surface area contributed by atoms with Crippen LogP contribution in [0.25, 0.3) is 0 Å². The van der Waals surface area contributed by atoms with Gasteiger partial charge in [-0.3, -0.25) is 14.9 Å². The predicted octanol–water partition coefficient (Wildman–Crippen LogP) is 1.42. The number of hydrogen-bond donors (Lipinski definition) is 2. The van der Waals surface area contributed by atoms with Crippen LogP contribution in [0.4, 0.5) is 4.79 Å². The SMILES string of the molecule is COC(=O)NC(=O)[C@H](C)OC(=O)[C@@H](NS(=O)(=O)c1ccc(C)c(C)c1)C(C)C. The molecule has 2 amide bonds. The van der Waals surface area contributed by atoms with Crippen LogP contribution in [0.1, 0.15) is 31.9 Å². The lowest BCUT2D eigenvalue weighted by molar-refractivity contribution is -0.157. The van der Waals surface area contributed by atoms with Crippen molar-refractivity contribution in [2.75, 3.05) is 7.11 Å². The van der Waals surface area contributed by atoms with Crippen molar-refractivity contribution >= 4 is 28.0 Å². The molecular formula is C18H26N2O7S. The zero-order valence-corrected chi connectivity index (χ0v) is 17.5. The third-order valence-corrected chi connectivity index (χ3v) is 5.50. The number of amides is 2. The Kier molecular flexibility index (Phi) is 8.13. The van der Waals surface area contributed by atoms with E-state index in [0.29, 0.717) is 0 Å². The van der Waals surface area contributed by atoms with E-state index in [-0.39, 0.29) is 4.90 Å². The zero-order valence-electron chi connectivity index (χ0n) is 16.7. The summed E-state index contributed by atoms with van der Waals surface area (Å²) < 4.78 is 37.0. The quantitative estimate of drug-likeness (QED) is 0.646. The maximum atomic E-state index is 12.7. The molecule has 2 atom stereocenters. The second-order valence-corrected chi connectivity index (χ2v) is 8.36. The van der Waals surface area contributed by atoms with Crippen molar-refractivity contribution in [1.29, 1.82) is 0 Å². The van der Waals surface area contributed by atoms with Gasteiger partial charge in [0.2, 0.25) is 10.0 Å². The predicted molar refractivity (Wildman–Crippen MR) is 101 cm³/mol. The van der Waals surface area contributed by atoms with Crippen LogP contribution in [-0.2, 0) is 29.1 Å². The first-order valence-electron chi connectivity index (χ1n) is 8.58. The monoisotopic (exact) mass is 414 g/mol. The highest BCUT2D eigenvalue weighted by Gasteiger charge is 2.32. The zero-order chi connectivity index (χ0) is 21.6. The highest BCUT2D eigenvalue weighted by molar-refractivity contribution is 7.89. The molecule has 0 radical (unpaired) electrons. The molecule has 0 fully saturated rings. The van der Waals surface area contributed by atoms with Crippen molar-refractivity contribution in [3.05, 3.63) is 29.3 Å². The van der Waals surface area contributed by atoms with Gasteiger partial charge in [0.15, 0.2) is 6.10 Å². The number of methoxy groups -OCH3 is 1. The Balaban J connectivity index is 2.94. The van der Waals surface area contributed by atoms with E-state index in [1.54, 1.807) is 26.8 Å². The van der Waals surface area contributed by atoms with Crippen LogP contribution in [0.15, 0.2) is 23.1 Å². The third kappa shape index (κ3) is 6.31. The summed E-state index contributed by atoms with van der Waals surface area (Å²) in [7, 11) is -2.91. The lowest BCUT2D eigenvalue weighted by atomic mass is 10.1. The summed E-state index contributed by atoms with van der Waals surface area (Å²) in [6.45, 7) is 8.16. The number of nitrogens with one attached hydrogen (secondary N) is 2. The van der Waals surface area contributed by atoms with Gasteiger partial charge in [-0.15, -0.1) is 0 Å². The molecule has 2 N–H and O–H groups in total. The number of ether oxygens (including phenoxy) is 2. The summed E-state index contributed by atoms with van der Waals surface area (Å²) in [6, 6.07) is 3.40. The standard InChI is InChI=1S/C18H26N2O7S/c1-10(2)15(17(22)27-13(5)16(21)19-18(23)26-6)20-28(24,25)14-8-7-11(3)12(4)9-14/h7-10,13,15,20H,1-6H3,(H,19,21,23)/t13-,15-/m0/s1. The van der Waals surface area contributed by atoms with E-state index >= 15 is 0 Å². The highest BCUT2D eigenvalue weighted by Crippen LogP contribution is 2.17. The first kappa shape index (κ1) is 23.6. The molecule has 156 valence electrons. The fourth-order valence-electron chi connectivity index (χ4n) is 2.13. The van der Waals surface area contributed by atoms with Crippen molar-refractivity contribution in [2.45, 2.75) is 51.7 Å². The molecule has 0 spiro atoms. The Bertz CT molecular complexity index is 849. The normalized spacial score (nSPS) is 13.5. The number of hydrogen-bond acceptors (Lipinski definition) is 7. The molecule has 0 saturated heterocycles. The molecule has 1 rings (SSSR count). The molecule has 0 aliphatic carbocycles. The fourth-order valence-corrected chi connectivity index (χ4v) is 3.54. The van der Waals surface area contributed by atoms with Crippen molar-refractivity contribution in [3.63, 3.8) is 0 Å². The van der Waals surface area contributed by atoms with Crippen LogP contribution < -0.4 is 10.0 Å². The average molecular weight is 414 g/mol. The molecule has 10 heteroatoms. The molecule has 0 heterocycles. The molecule has 9 nitrogen and oxygen atoms in total. The topological polar surface area (TPSA) is 128 Å². The number of aryl methyl sites for hydroxylation is 2. The first-order valence-corrected chi connectivity index (χ1v) is 10.1. The molecule has 0 aliphatic rings. The highest BCUT2D eigenvalue weighted by atomic mass is 32.2. The van der Waals surface area contributed by atoms with Gasteiger partial charge >= 0.3 is 12.1 Å². The van der Waals surface area contributed by atoms with E-state index < -0.39 is 46.1 Å². The lowest BCUT2D eigenvalue weighted by Crippen LogP contribution is -2.48. The Morgan fingerprint density at radius 3 is 2.14 bits per heavy atom. The van der Waals surface area contributed by atoms with E-state index in [2.05, 4.69) is 9.46 Å². The minimum atomic E-state index is -3.99. The molecule has 0 bridgehead atoms. The van der Waals surface area contributed by atoms with Gasteiger partial charge in [-0.1, -0.05) is 19.9 Å². The minimum absolute atomic E-state index is 0.0190. The maximum absolute atomic E-state index is 12.7. The Morgan fingerprint density at radius 2 is 1.64 bits per heavy atom. The van der Waals surface area contributed by atoms with Crippen LogP contribution in [0.2, 0.25) is 0 Å². The van der Waals surface area contributed by atoms with Gasteiger partial charge in [-0.2, -0.15) is 4.72 Å². The number of rotatable bonds is 7. The molecule has 0 aromatic heterocycles. The van der Waals surface area contributed by atoms with E-state index in [1.807, 2.05) is 12.2 Å². The molecule has 1 aromatic carbocycles. The van der Waals surface area contributed by atoms with Crippen molar-refractivity contribution in [2.24, 2.45) is 5.92 Å². The first-order chi connectivity index (χ1) is 12.9. The smallest absolute Gasteiger partial charge is 0.413 e. The molecule has 0 saturated carbocycles. The Morgan fingerprint density at radius 1 is 1.04 bits per heavy atom. The van der Waals surface area contributed by atoms with Crippen LogP contribution in [0.3, 0.4) is 0 Å². The second kappa shape index (κ2) is 9.65. The van der Waals surface area contributed by atoms with Crippen molar-refractivity contribution < 1.29 is 32.3 Å². The molecular weight excluding hydrogens is 388 g/mol. The van der Waals surface area contributed by atoms with Gasteiger partial charge in [0, 0.05) is 0 Å². The van der Waals surface area contributed by atoms with E-state index in [1.165, 1.54) is 19.1 Å². The number of carbonyl (C=O) groups is 3. The summed E-state index contributed by atoms with van der Waals surface area (Å²) >= 11 is 0. The van der Waals surface area contributed by atoms with E-state index in [0.717, 1.165) is 18.2 Å². The van der Waals surface area contributed by atoms with Crippen molar-refractivity contribution in [1.82, 2.24) is 10.0 Å².